The summed E-state index contributed by atoms with van der Waals surface area (Å²) >= 11 is 0. The Hall–Kier alpha value is -1.06. The highest BCUT2D eigenvalue weighted by Crippen LogP contribution is 2.04. The van der Waals surface area contributed by atoms with E-state index in [4.69, 9.17) is 5.73 Å². The molecule has 0 radical (unpaired) electrons. The molecule has 0 atom stereocenters. The zero-order chi connectivity index (χ0) is 13.1. The number of hydrogen-bond acceptors (Lipinski definition) is 3. The molecule has 0 bridgehead atoms. The summed E-state index contributed by atoms with van der Waals surface area (Å²) in [5.74, 6) is 3.09. The van der Waals surface area contributed by atoms with Crippen molar-refractivity contribution >= 4 is 20.7 Å². The van der Waals surface area contributed by atoms with Crippen LogP contribution in [-0.2, 0) is 6.54 Å². The van der Waals surface area contributed by atoms with E-state index < -0.39 is 15.2 Å². The van der Waals surface area contributed by atoms with Crippen molar-refractivity contribution in [2.45, 2.75) is 26.2 Å². The Kier molecular flexibility index (Phi) is 4.55. The number of rotatable bonds is 2. The van der Waals surface area contributed by atoms with Crippen LogP contribution in [0, 0.1) is 11.5 Å². The topological polar surface area (TPSA) is 66.5 Å². The van der Waals surface area contributed by atoms with Crippen LogP contribution in [0.5, 0.6) is 0 Å². The van der Waals surface area contributed by atoms with E-state index in [0.717, 1.165) is 11.1 Å². The molecular formula is C12H18BNO2Si. The SMILES string of the molecule is C[Si](C)(C)C#Cc1cc(CN)cc(B(O)O)c1. The highest BCUT2D eigenvalue weighted by atomic mass is 28.3. The minimum Gasteiger partial charge on any atom is -0.423 e. The van der Waals surface area contributed by atoms with Crippen LogP contribution in [0.3, 0.4) is 0 Å². The Morgan fingerprint density at radius 2 is 1.88 bits per heavy atom. The van der Waals surface area contributed by atoms with Gasteiger partial charge in [-0.2, -0.15) is 0 Å². The minimum absolute atomic E-state index is 0.363. The third kappa shape index (κ3) is 4.75. The van der Waals surface area contributed by atoms with Gasteiger partial charge in [0.15, 0.2) is 0 Å². The van der Waals surface area contributed by atoms with Gasteiger partial charge in [-0.1, -0.05) is 31.6 Å². The van der Waals surface area contributed by atoms with Crippen molar-refractivity contribution in [1.29, 1.82) is 0 Å². The molecule has 0 unspecified atom stereocenters. The van der Waals surface area contributed by atoms with E-state index in [9.17, 15) is 10.0 Å². The van der Waals surface area contributed by atoms with Crippen molar-refractivity contribution in [3.8, 4) is 11.5 Å². The van der Waals surface area contributed by atoms with Crippen LogP contribution >= 0.6 is 0 Å². The van der Waals surface area contributed by atoms with Gasteiger partial charge < -0.3 is 15.8 Å². The lowest BCUT2D eigenvalue weighted by molar-refractivity contribution is 0.425. The molecule has 0 aliphatic heterocycles. The van der Waals surface area contributed by atoms with Gasteiger partial charge in [0.2, 0.25) is 0 Å². The van der Waals surface area contributed by atoms with Gasteiger partial charge in [0, 0.05) is 12.1 Å². The van der Waals surface area contributed by atoms with E-state index in [-0.39, 0.29) is 0 Å². The second-order valence-electron chi connectivity index (χ2n) is 5.04. The summed E-state index contributed by atoms with van der Waals surface area (Å²) in [6, 6.07) is 5.26. The van der Waals surface area contributed by atoms with Gasteiger partial charge in [0.25, 0.3) is 0 Å². The monoisotopic (exact) mass is 247 g/mol. The van der Waals surface area contributed by atoms with Gasteiger partial charge in [-0.25, -0.2) is 0 Å². The first-order chi connectivity index (χ1) is 7.81. The largest absolute Gasteiger partial charge is 0.488 e. The van der Waals surface area contributed by atoms with Crippen LogP contribution in [0.1, 0.15) is 11.1 Å². The van der Waals surface area contributed by atoms with Gasteiger partial charge in [0.05, 0.1) is 0 Å². The zero-order valence-corrected chi connectivity index (χ0v) is 11.5. The molecule has 0 fully saturated rings. The molecule has 0 amide bonds. The zero-order valence-electron chi connectivity index (χ0n) is 10.5. The molecule has 4 N–H and O–H groups in total. The maximum atomic E-state index is 9.17. The molecule has 0 aromatic heterocycles. The van der Waals surface area contributed by atoms with E-state index in [0.29, 0.717) is 12.0 Å². The second-order valence-corrected chi connectivity index (χ2v) is 9.79. The Labute approximate surface area is 104 Å². The third-order valence-corrected chi connectivity index (χ3v) is 3.01. The fraction of sp³-hybridized carbons (Fsp3) is 0.333. The molecular weight excluding hydrogens is 229 g/mol. The van der Waals surface area contributed by atoms with Crippen molar-refractivity contribution < 1.29 is 10.0 Å². The van der Waals surface area contributed by atoms with E-state index in [1.54, 1.807) is 12.1 Å². The van der Waals surface area contributed by atoms with Crippen LogP contribution < -0.4 is 11.2 Å². The van der Waals surface area contributed by atoms with E-state index in [2.05, 4.69) is 31.1 Å². The molecule has 1 rings (SSSR count). The van der Waals surface area contributed by atoms with Gasteiger partial charge in [-0.3, -0.25) is 0 Å². The van der Waals surface area contributed by atoms with Gasteiger partial charge in [-0.15, -0.1) is 5.54 Å². The number of hydrogen-bond donors (Lipinski definition) is 3. The van der Waals surface area contributed by atoms with Gasteiger partial charge >= 0.3 is 7.12 Å². The lowest BCUT2D eigenvalue weighted by Gasteiger charge is -2.06. The van der Waals surface area contributed by atoms with Crippen LogP contribution in [0.2, 0.25) is 19.6 Å². The van der Waals surface area contributed by atoms with Crippen LogP contribution in [0.4, 0.5) is 0 Å². The molecule has 3 nitrogen and oxygen atoms in total. The Morgan fingerprint density at radius 3 is 2.35 bits per heavy atom. The Morgan fingerprint density at radius 1 is 1.24 bits per heavy atom. The lowest BCUT2D eigenvalue weighted by atomic mass is 9.78. The highest BCUT2D eigenvalue weighted by Gasteiger charge is 2.12. The lowest BCUT2D eigenvalue weighted by Crippen LogP contribution is -2.30. The summed E-state index contributed by atoms with van der Waals surface area (Å²) < 4.78 is 0. The molecule has 0 aliphatic carbocycles. The summed E-state index contributed by atoms with van der Waals surface area (Å²) in [5.41, 5.74) is 10.9. The maximum Gasteiger partial charge on any atom is 0.488 e. The van der Waals surface area contributed by atoms with Crippen molar-refractivity contribution in [3.63, 3.8) is 0 Å². The fourth-order valence-electron chi connectivity index (χ4n) is 1.32. The normalized spacial score (nSPS) is 10.7. The molecule has 0 spiro atoms. The van der Waals surface area contributed by atoms with E-state index in [1.165, 1.54) is 0 Å². The molecule has 1 aromatic carbocycles. The molecule has 1 aromatic rings. The molecule has 17 heavy (non-hydrogen) atoms. The first-order valence-electron chi connectivity index (χ1n) is 5.55. The molecule has 0 heterocycles. The summed E-state index contributed by atoms with van der Waals surface area (Å²) in [5, 5.41) is 18.3. The summed E-state index contributed by atoms with van der Waals surface area (Å²) in [6.45, 7) is 6.85. The fourth-order valence-corrected chi connectivity index (χ4v) is 1.84. The van der Waals surface area contributed by atoms with Gasteiger partial charge in [0.1, 0.15) is 8.07 Å². The van der Waals surface area contributed by atoms with Crippen LogP contribution in [-0.4, -0.2) is 25.2 Å². The molecule has 0 aliphatic rings. The summed E-state index contributed by atoms with van der Waals surface area (Å²) in [4.78, 5) is 0. The van der Waals surface area contributed by atoms with Gasteiger partial charge in [-0.05, 0) is 23.2 Å². The average molecular weight is 247 g/mol. The molecule has 5 heteroatoms. The quantitative estimate of drug-likeness (QED) is 0.511. The average Bonchev–Trinajstić information content (AvgIpc) is 2.25. The predicted octanol–water partition coefficient (Wildman–Crippen LogP) is 0.0540. The maximum absolute atomic E-state index is 9.17. The molecule has 0 saturated carbocycles. The third-order valence-electron chi connectivity index (χ3n) is 2.13. The Bertz CT molecular complexity index is 458. The summed E-state index contributed by atoms with van der Waals surface area (Å²) in [7, 11) is -2.91. The molecule has 90 valence electrons. The second kappa shape index (κ2) is 5.52. The smallest absolute Gasteiger partial charge is 0.423 e. The van der Waals surface area contributed by atoms with Crippen LogP contribution in [0.15, 0.2) is 18.2 Å². The molecule has 0 saturated heterocycles. The van der Waals surface area contributed by atoms with Crippen molar-refractivity contribution in [2.75, 3.05) is 0 Å². The van der Waals surface area contributed by atoms with Crippen LogP contribution in [0.25, 0.3) is 0 Å². The first kappa shape index (κ1) is 14.0. The Balaban J connectivity index is 3.15. The highest BCUT2D eigenvalue weighted by molar-refractivity contribution is 6.83. The standard InChI is InChI=1S/C12H18BNO2Si/c1-17(2,3)5-4-10-6-11(9-14)8-12(7-10)13(15)16/h6-8,15-16H,9,14H2,1-3H3. The summed E-state index contributed by atoms with van der Waals surface area (Å²) in [6.07, 6.45) is 0. The van der Waals surface area contributed by atoms with Crippen molar-refractivity contribution in [1.82, 2.24) is 0 Å². The minimum atomic E-state index is -1.48. The van der Waals surface area contributed by atoms with E-state index in [1.807, 2.05) is 6.07 Å². The first-order valence-corrected chi connectivity index (χ1v) is 9.05. The van der Waals surface area contributed by atoms with E-state index >= 15 is 0 Å². The van der Waals surface area contributed by atoms with Crippen molar-refractivity contribution in [3.05, 3.63) is 29.3 Å². The number of nitrogens with two attached hydrogens (primary N) is 1. The predicted molar refractivity (Wildman–Crippen MR) is 74.4 cm³/mol. The van der Waals surface area contributed by atoms with Crippen molar-refractivity contribution in [2.24, 2.45) is 5.73 Å². The number of benzene rings is 1.